The highest BCUT2D eigenvalue weighted by Crippen LogP contribution is 2.35. The number of aryl methyl sites for hydroxylation is 2. The van der Waals surface area contributed by atoms with Crippen molar-refractivity contribution < 1.29 is 0 Å². The highest BCUT2D eigenvalue weighted by molar-refractivity contribution is 9.10. The molecule has 108 valence electrons. The summed E-state index contributed by atoms with van der Waals surface area (Å²) in [6.07, 6.45) is 7.78. The summed E-state index contributed by atoms with van der Waals surface area (Å²) in [5, 5.41) is 5.67. The first kappa shape index (κ1) is 14.8. The summed E-state index contributed by atoms with van der Waals surface area (Å²) in [6.45, 7) is 0. The third kappa shape index (κ3) is 3.19. The number of hydrogen-bond donors (Lipinski definition) is 1. The quantitative estimate of drug-likeness (QED) is 0.716. The molecule has 0 amide bonds. The first-order valence-corrected chi connectivity index (χ1v) is 9.77. The number of rotatable bonds is 4. The lowest BCUT2D eigenvalue weighted by Gasteiger charge is -2.14. The van der Waals surface area contributed by atoms with E-state index in [2.05, 4.69) is 45.8 Å². The van der Waals surface area contributed by atoms with E-state index >= 15 is 0 Å². The summed E-state index contributed by atoms with van der Waals surface area (Å²) >= 11 is 7.53. The van der Waals surface area contributed by atoms with Gasteiger partial charge in [0.25, 0.3) is 0 Å². The predicted molar refractivity (Wildman–Crippen MR) is 93.1 cm³/mol. The molecule has 4 heteroatoms. The summed E-state index contributed by atoms with van der Waals surface area (Å²) in [5.41, 5.74) is 1.62. The molecule has 0 fully saturated rings. The Morgan fingerprint density at radius 1 is 1.30 bits per heavy atom. The molecule has 1 aliphatic rings. The Bertz CT molecular complexity index is 549. The molecule has 0 aliphatic heterocycles. The van der Waals surface area contributed by atoms with Crippen molar-refractivity contribution in [3.05, 3.63) is 42.2 Å². The van der Waals surface area contributed by atoms with Crippen molar-refractivity contribution in [3.63, 3.8) is 0 Å². The molecule has 20 heavy (non-hydrogen) atoms. The molecule has 3 rings (SSSR count). The molecule has 0 bridgehead atoms. The maximum atomic E-state index is 3.65. The maximum absolute atomic E-state index is 3.65. The summed E-state index contributed by atoms with van der Waals surface area (Å²) in [7, 11) is 2.08. The average molecular weight is 370 g/mol. The predicted octanol–water partition coefficient (Wildman–Crippen LogP) is 5.34. The lowest BCUT2D eigenvalue weighted by atomic mass is 10.1. The number of likely N-dealkylation sites (N-methyl/N-ethyl adjacent to an activating group) is 1. The molecule has 2 aromatic rings. The normalized spacial score (nSPS) is 16.7. The number of halogens is 1. The monoisotopic (exact) mass is 369 g/mol. The maximum Gasteiger partial charge on any atom is 0.0461 e. The van der Waals surface area contributed by atoms with Crippen LogP contribution in [-0.2, 0) is 19.3 Å². The van der Waals surface area contributed by atoms with Crippen LogP contribution >= 0.6 is 38.6 Å². The van der Waals surface area contributed by atoms with Gasteiger partial charge in [-0.15, -0.1) is 22.7 Å². The smallest absolute Gasteiger partial charge is 0.0461 e. The van der Waals surface area contributed by atoms with E-state index in [-0.39, 0.29) is 0 Å². The Morgan fingerprint density at radius 3 is 2.90 bits per heavy atom. The molecule has 0 radical (unpaired) electrons. The van der Waals surface area contributed by atoms with Gasteiger partial charge >= 0.3 is 0 Å². The molecule has 0 aromatic carbocycles. The van der Waals surface area contributed by atoms with Crippen LogP contribution in [0.4, 0.5) is 0 Å². The number of fused-ring (bicyclic) bond motifs is 1. The van der Waals surface area contributed by atoms with Crippen molar-refractivity contribution in [2.75, 3.05) is 7.05 Å². The summed E-state index contributed by atoms with van der Waals surface area (Å²) in [5.74, 6) is 0. The average Bonchev–Trinajstić information content (AvgIpc) is 2.97. The van der Waals surface area contributed by atoms with Gasteiger partial charge in [-0.05, 0) is 71.7 Å². The molecule has 1 unspecified atom stereocenters. The lowest BCUT2D eigenvalue weighted by Crippen LogP contribution is -2.17. The van der Waals surface area contributed by atoms with Crippen LogP contribution in [0.2, 0.25) is 0 Å². The highest BCUT2D eigenvalue weighted by Gasteiger charge is 2.19. The van der Waals surface area contributed by atoms with Gasteiger partial charge in [-0.25, -0.2) is 0 Å². The zero-order valence-electron chi connectivity index (χ0n) is 11.7. The van der Waals surface area contributed by atoms with Crippen LogP contribution in [0.15, 0.2) is 22.0 Å². The fourth-order valence-corrected chi connectivity index (χ4v) is 5.79. The van der Waals surface area contributed by atoms with Gasteiger partial charge in [0.05, 0.1) is 0 Å². The molecule has 1 nitrogen and oxygen atoms in total. The standard InChI is InChI=1S/C16H20BrNS2/c1-18-13(10-15-12(17)7-8-19-15)16-9-11-5-3-2-4-6-14(11)20-16/h7-9,13,18H,2-6,10H2,1H3. The minimum atomic E-state index is 0.446. The third-order valence-electron chi connectivity index (χ3n) is 4.04. The van der Waals surface area contributed by atoms with E-state index in [0.29, 0.717) is 6.04 Å². The van der Waals surface area contributed by atoms with E-state index < -0.39 is 0 Å². The molecule has 1 aliphatic carbocycles. The first-order valence-electron chi connectivity index (χ1n) is 7.28. The topological polar surface area (TPSA) is 12.0 Å². The van der Waals surface area contributed by atoms with E-state index in [1.54, 1.807) is 10.4 Å². The van der Waals surface area contributed by atoms with Crippen molar-refractivity contribution in [3.8, 4) is 0 Å². The van der Waals surface area contributed by atoms with E-state index in [0.717, 1.165) is 6.42 Å². The molecule has 1 N–H and O–H groups in total. The van der Waals surface area contributed by atoms with Crippen molar-refractivity contribution in [1.82, 2.24) is 5.32 Å². The highest BCUT2D eigenvalue weighted by atomic mass is 79.9. The van der Waals surface area contributed by atoms with Crippen LogP contribution in [0.3, 0.4) is 0 Å². The Hall–Kier alpha value is -0.160. The number of nitrogens with one attached hydrogen (secondary N) is 1. The Balaban J connectivity index is 1.81. The summed E-state index contributed by atoms with van der Waals surface area (Å²) in [6, 6.07) is 5.06. The Labute approximate surface area is 137 Å². The summed E-state index contributed by atoms with van der Waals surface area (Å²) < 4.78 is 1.25. The summed E-state index contributed by atoms with van der Waals surface area (Å²) in [4.78, 5) is 4.59. The SMILES string of the molecule is CNC(Cc1sccc1Br)c1cc2c(s1)CCCCC2. The largest absolute Gasteiger partial charge is 0.312 e. The Morgan fingerprint density at radius 2 is 2.15 bits per heavy atom. The van der Waals surface area contributed by atoms with Crippen LogP contribution in [0.25, 0.3) is 0 Å². The van der Waals surface area contributed by atoms with Crippen molar-refractivity contribution in [2.24, 2.45) is 0 Å². The number of hydrogen-bond acceptors (Lipinski definition) is 3. The van der Waals surface area contributed by atoms with Crippen LogP contribution in [0.1, 0.15) is 45.5 Å². The molecule has 1 atom stereocenters. The second-order valence-electron chi connectivity index (χ2n) is 5.39. The molecular weight excluding hydrogens is 350 g/mol. The minimum absolute atomic E-state index is 0.446. The third-order valence-corrected chi connectivity index (χ3v) is 7.34. The van der Waals surface area contributed by atoms with Gasteiger partial charge in [0.2, 0.25) is 0 Å². The van der Waals surface area contributed by atoms with E-state index in [4.69, 9.17) is 0 Å². The molecule has 0 saturated heterocycles. The van der Waals surface area contributed by atoms with Gasteiger partial charge in [0, 0.05) is 31.6 Å². The zero-order chi connectivity index (χ0) is 13.9. The molecule has 0 spiro atoms. The van der Waals surface area contributed by atoms with Gasteiger partial charge in [0.1, 0.15) is 0 Å². The second-order valence-corrected chi connectivity index (χ2v) is 8.42. The number of thiophene rings is 2. The van der Waals surface area contributed by atoms with Crippen molar-refractivity contribution in [2.45, 2.75) is 44.6 Å². The van der Waals surface area contributed by atoms with Gasteiger partial charge < -0.3 is 5.32 Å². The fraction of sp³-hybridized carbons (Fsp3) is 0.500. The van der Waals surface area contributed by atoms with Gasteiger partial charge in [-0.1, -0.05) is 6.42 Å². The molecule has 0 saturated carbocycles. The minimum Gasteiger partial charge on any atom is -0.312 e. The van der Waals surface area contributed by atoms with Gasteiger partial charge in [-0.2, -0.15) is 0 Å². The lowest BCUT2D eigenvalue weighted by molar-refractivity contribution is 0.605. The Kier molecular flexibility index (Phi) is 4.97. The van der Waals surface area contributed by atoms with Crippen molar-refractivity contribution in [1.29, 1.82) is 0 Å². The molecular formula is C16H20BrNS2. The van der Waals surface area contributed by atoms with Crippen molar-refractivity contribution >= 4 is 38.6 Å². The van der Waals surface area contributed by atoms with Gasteiger partial charge in [0.15, 0.2) is 0 Å². The second kappa shape index (κ2) is 6.73. The van der Waals surface area contributed by atoms with Crippen LogP contribution in [0.5, 0.6) is 0 Å². The van der Waals surface area contributed by atoms with E-state index in [1.807, 2.05) is 22.7 Å². The van der Waals surface area contributed by atoms with E-state index in [9.17, 15) is 0 Å². The molecule has 2 heterocycles. The van der Waals surface area contributed by atoms with Gasteiger partial charge in [-0.3, -0.25) is 0 Å². The zero-order valence-corrected chi connectivity index (χ0v) is 15.0. The fourth-order valence-electron chi connectivity index (χ4n) is 2.86. The van der Waals surface area contributed by atoms with Crippen LogP contribution in [-0.4, -0.2) is 7.05 Å². The van der Waals surface area contributed by atoms with Crippen LogP contribution < -0.4 is 5.32 Å². The first-order chi connectivity index (χ1) is 9.78. The molecule has 2 aromatic heterocycles. The van der Waals surface area contributed by atoms with Crippen LogP contribution in [0, 0.1) is 0 Å². The van der Waals surface area contributed by atoms with E-state index in [1.165, 1.54) is 46.3 Å².